The number of hydrogen-bond donors (Lipinski definition) is 1. The summed E-state index contributed by atoms with van der Waals surface area (Å²) in [5.74, 6) is 1.92. The van der Waals surface area contributed by atoms with Crippen molar-refractivity contribution < 1.29 is 4.74 Å². The quantitative estimate of drug-likeness (QED) is 0.651. The van der Waals surface area contributed by atoms with Gasteiger partial charge >= 0.3 is 0 Å². The van der Waals surface area contributed by atoms with Crippen molar-refractivity contribution in [1.82, 2.24) is 24.4 Å². The van der Waals surface area contributed by atoms with Gasteiger partial charge in [0.25, 0.3) is 0 Å². The van der Waals surface area contributed by atoms with Crippen LogP contribution < -0.4 is 10.1 Å². The molecule has 0 aliphatic carbocycles. The van der Waals surface area contributed by atoms with Crippen LogP contribution in [0.2, 0.25) is 0 Å². The number of ether oxygens (including phenoxy) is 1. The largest absolute Gasteiger partial charge is 0.494 e. The molecule has 6 nitrogen and oxygen atoms in total. The Bertz CT molecular complexity index is 842. The van der Waals surface area contributed by atoms with Crippen LogP contribution in [0.3, 0.4) is 0 Å². The van der Waals surface area contributed by atoms with E-state index >= 15 is 0 Å². The molecule has 3 aromatic rings. The summed E-state index contributed by atoms with van der Waals surface area (Å²) in [7, 11) is 0. The lowest BCUT2D eigenvalue weighted by molar-refractivity contribution is 0.301. The van der Waals surface area contributed by atoms with E-state index < -0.39 is 0 Å². The van der Waals surface area contributed by atoms with Gasteiger partial charge in [0.05, 0.1) is 12.9 Å². The molecule has 3 heterocycles. The highest BCUT2D eigenvalue weighted by Crippen LogP contribution is 2.29. The highest BCUT2D eigenvalue weighted by atomic mass is 16.5. The second-order valence-corrected chi connectivity index (χ2v) is 7.22. The Kier molecular flexibility index (Phi) is 5.53. The molecule has 1 aromatic carbocycles. The van der Waals surface area contributed by atoms with Gasteiger partial charge in [-0.2, -0.15) is 0 Å². The molecule has 27 heavy (non-hydrogen) atoms. The summed E-state index contributed by atoms with van der Waals surface area (Å²) in [5.41, 5.74) is 1.11. The van der Waals surface area contributed by atoms with Crippen molar-refractivity contribution in [3.63, 3.8) is 0 Å². The molecular weight excluding hydrogens is 338 g/mol. The fourth-order valence-corrected chi connectivity index (χ4v) is 3.77. The number of nitrogens with zero attached hydrogens (tertiary/aromatic N) is 4. The second-order valence-electron chi connectivity index (χ2n) is 7.22. The summed E-state index contributed by atoms with van der Waals surface area (Å²) >= 11 is 0. The van der Waals surface area contributed by atoms with Gasteiger partial charge in [0.15, 0.2) is 0 Å². The number of imidazole rings is 2. The van der Waals surface area contributed by atoms with E-state index in [1.807, 2.05) is 30.9 Å². The highest BCUT2D eigenvalue weighted by molar-refractivity contribution is 5.58. The summed E-state index contributed by atoms with van der Waals surface area (Å²) < 4.78 is 10.4. The van der Waals surface area contributed by atoms with Gasteiger partial charge in [-0.15, -0.1) is 0 Å². The fourth-order valence-electron chi connectivity index (χ4n) is 3.77. The Balaban J connectivity index is 1.41. The molecular formula is C21H27N5O. The molecule has 1 N–H and O–H groups in total. The van der Waals surface area contributed by atoms with Crippen LogP contribution in [0.4, 0.5) is 0 Å². The number of aromatic nitrogens is 4. The van der Waals surface area contributed by atoms with Crippen LogP contribution in [-0.2, 0) is 6.54 Å². The molecule has 1 aliphatic rings. The van der Waals surface area contributed by atoms with Gasteiger partial charge in [0, 0.05) is 49.0 Å². The monoisotopic (exact) mass is 365 g/mol. The minimum atomic E-state index is 0.499. The van der Waals surface area contributed by atoms with Crippen molar-refractivity contribution >= 4 is 0 Å². The van der Waals surface area contributed by atoms with Crippen LogP contribution in [0.1, 0.15) is 32.2 Å². The molecule has 0 bridgehead atoms. The molecule has 2 aromatic heterocycles. The minimum absolute atomic E-state index is 0.499. The normalized spacial score (nSPS) is 19.9. The van der Waals surface area contributed by atoms with Gasteiger partial charge in [-0.3, -0.25) is 0 Å². The lowest BCUT2D eigenvalue weighted by atomic mass is 10.00. The second kappa shape index (κ2) is 8.39. The smallest absolute Gasteiger partial charge is 0.140 e. The van der Waals surface area contributed by atoms with Crippen molar-refractivity contribution in [1.29, 1.82) is 0 Å². The molecule has 0 radical (unpaired) electrons. The van der Waals surface area contributed by atoms with E-state index in [0.717, 1.165) is 49.5 Å². The Morgan fingerprint density at radius 1 is 1.26 bits per heavy atom. The fraction of sp³-hybridized carbons (Fsp3) is 0.429. The number of aryl methyl sites for hydroxylation is 1. The van der Waals surface area contributed by atoms with Gasteiger partial charge in [0.2, 0.25) is 0 Å². The number of benzene rings is 1. The SMILES string of the molecule is C[C@H]1C[C@H](n2ccnc2-c2cccc(OCCCn3ccnc3)c2)CCN1. The van der Waals surface area contributed by atoms with Gasteiger partial charge in [-0.25, -0.2) is 9.97 Å². The zero-order valence-electron chi connectivity index (χ0n) is 15.8. The lowest BCUT2D eigenvalue weighted by Crippen LogP contribution is -2.36. The molecule has 0 saturated carbocycles. The number of nitrogens with one attached hydrogen (secondary N) is 1. The summed E-state index contributed by atoms with van der Waals surface area (Å²) in [6, 6.07) is 9.32. The van der Waals surface area contributed by atoms with Crippen LogP contribution >= 0.6 is 0 Å². The van der Waals surface area contributed by atoms with Crippen LogP contribution in [0, 0.1) is 0 Å². The molecule has 0 amide bonds. The average molecular weight is 365 g/mol. The maximum atomic E-state index is 5.96. The predicted molar refractivity (Wildman–Crippen MR) is 106 cm³/mol. The van der Waals surface area contributed by atoms with Crippen LogP contribution in [0.25, 0.3) is 11.4 Å². The highest BCUT2D eigenvalue weighted by Gasteiger charge is 2.22. The van der Waals surface area contributed by atoms with E-state index in [1.54, 1.807) is 6.20 Å². The van der Waals surface area contributed by atoms with Gasteiger partial charge in [-0.1, -0.05) is 12.1 Å². The molecule has 4 rings (SSSR count). The maximum Gasteiger partial charge on any atom is 0.140 e. The maximum absolute atomic E-state index is 5.96. The van der Waals surface area contributed by atoms with E-state index in [4.69, 9.17) is 4.74 Å². The van der Waals surface area contributed by atoms with E-state index in [1.165, 1.54) is 0 Å². The van der Waals surface area contributed by atoms with Crippen LogP contribution in [-0.4, -0.2) is 38.3 Å². The molecule has 2 atom stereocenters. The van der Waals surface area contributed by atoms with Gasteiger partial charge in [0.1, 0.15) is 11.6 Å². The van der Waals surface area contributed by atoms with E-state index in [9.17, 15) is 0 Å². The molecule has 0 unspecified atom stereocenters. The average Bonchev–Trinajstić information content (AvgIpc) is 3.37. The third-order valence-electron chi connectivity index (χ3n) is 5.14. The Morgan fingerprint density at radius 2 is 2.22 bits per heavy atom. The van der Waals surface area contributed by atoms with Crippen molar-refractivity contribution in [2.24, 2.45) is 0 Å². The van der Waals surface area contributed by atoms with Crippen molar-refractivity contribution in [2.75, 3.05) is 13.2 Å². The summed E-state index contributed by atoms with van der Waals surface area (Å²) in [5, 5.41) is 3.52. The molecule has 1 aliphatic heterocycles. The van der Waals surface area contributed by atoms with E-state index in [-0.39, 0.29) is 0 Å². The standard InChI is InChI=1S/C21H27N5O/c1-17-14-19(6-7-23-17)26-12-9-24-21(26)18-4-2-5-20(15-18)27-13-3-10-25-11-8-22-16-25/h2,4-5,8-9,11-12,15-17,19,23H,3,6-7,10,13-14H2,1H3/t17-,19+/m0/s1. The first-order chi connectivity index (χ1) is 13.3. The molecule has 1 fully saturated rings. The molecule has 142 valence electrons. The first-order valence-corrected chi connectivity index (χ1v) is 9.75. The van der Waals surface area contributed by atoms with Crippen molar-refractivity contribution in [3.05, 3.63) is 55.4 Å². The van der Waals surface area contributed by atoms with Crippen LogP contribution in [0.15, 0.2) is 55.4 Å². The Labute approximate surface area is 160 Å². The summed E-state index contributed by atoms with van der Waals surface area (Å²) in [4.78, 5) is 8.69. The zero-order chi connectivity index (χ0) is 18.5. The third-order valence-corrected chi connectivity index (χ3v) is 5.14. The third kappa shape index (κ3) is 4.39. The zero-order valence-corrected chi connectivity index (χ0v) is 15.8. The summed E-state index contributed by atoms with van der Waals surface area (Å²) in [6.07, 6.45) is 12.8. The summed E-state index contributed by atoms with van der Waals surface area (Å²) in [6.45, 7) is 4.91. The van der Waals surface area contributed by atoms with Crippen molar-refractivity contribution in [3.8, 4) is 17.1 Å². The van der Waals surface area contributed by atoms with Gasteiger partial charge < -0.3 is 19.2 Å². The van der Waals surface area contributed by atoms with Crippen LogP contribution in [0.5, 0.6) is 5.75 Å². The number of piperidine rings is 1. The first kappa shape index (κ1) is 17.8. The lowest BCUT2D eigenvalue weighted by Gasteiger charge is -2.30. The van der Waals surface area contributed by atoms with E-state index in [0.29, 0.717) is 18.7 Å². The molecule has 1 saturated heterocycles. The Hall–Kier alpha value is -2.60. The molecule has 0 spiro atoms. The first-order valence-electron chi connectivity index (χ1n) is 9.75. The van der Waals surface area contributed by atoms with E-state index in [2.05, 4.69) is 49.7 Å². The van der Waals surface area contributed by atoms with Crippen molar-refractivity contribution in [2.45, 2.75) is 44.8 Å². The van der Waals surface area contributed by atoms with Gasteiger partial charge in [-0.05, 0) is 44.9 Å². The Morgan fingerprint density at radius 3 is 3.07 bits per heavy atom. The topological polar surface area (TPSA) is 56.9 Å². The minimum Gasteiger partial charge on any atom is -0.494 e. The molecule has 6 heteroatoms. The predicted octanol–water partition coefficient (Wildman–Crippen LogP) is 3.53. The number of rotatable bonds is 7. The number of hydrogen-bond acceptors (Lipinski definition) is 4.